The SMILES string of the molecule is C=c1nc(N2CCN(C)CC2)s/c1=C\c1ccc2c(cnn2Cc2ccc(C(C)(C)O)cc2C(F)(F)F)c1. The monoisotopic (exact) mass is 541 g/mol. The smallest absolute Gasteiger partial charge is 0.386 e. The molecule has 0 saturated carbocycles. The normalized spacial score (nSPS) is 16.1. The molecule has 0 spiro atoms. The van der Waals surface area contributed by atoms with Crippen LogP contribution in [0.15, 0.2) is 42.6 Å². The predicted molar refractivity (Wildman–Crippen MR) is 146 cm³/mol. The van der Waals surface area contributed by atoms with Crippen molar-refractivity contribution in [3.05, 3.63) is 74.7 Å². The Labute approximate surface area is 222 Å². The molecular weight excluding hydrogens is 511 g/mol. The van der Waals surface area contributed by atoms with Gasteiger partial charge >= 0.3 is 6.18 Å². The molecule has 10 heteroatoms. The van der Waals surface area contributed by atoms with E-state index in [1.165, 1.54) is 26.0 Å². The van der Waals surface area contributed by atoms with Crippen molar-refractivity contribution in [1.82, 2.24) is 19.7 Å². The number of halogens is 3. The third kappa shape index (κ3) is 5.48. The molecule has 5 rings (SSSR count). The van der Waals surface area contributed by atoms with Gasteiger partial charge in [-0.25, -0.2) is 4.98 Å². The van der Waals surface area contributed by atoms with E-state index in [1.54, 1.807) is 22.2 Å². The number of piperazine rings is 1. The van der Waals surface area contributed by atoms with E-state index in [-0.39, 0.29) is 17.7 Å². The Kier molecular flexibility index (Phi) is 6.83. The summed E-state index contributed by atoms with van der Waals surface area (Å²) >= 11 is 1.61. The number of fused-ring (bicyclic) bond motifs is 1. The van der Waals surface area contributed by atoms with Crippen LogP contribution in [0.2, 0.25) is 0 Å². The molecular formula is C28H30F3N5OS. The van der Waals surface area contributed by atoms with Crippen LogP contribution in [0, 0.1) is 0 Å². The molecule has 0 radical (unpaired) electrons. The number of thiazole rings is 1. The van der Waals surface area contributed by atoms with Crippen LogP contribution in [0.1, 0.15) is 36.1 Å². The molecule has 0 bridgehead atoms. The zero-order valence-electron chi connectivity index (χ0n) is 21.6. The average Bonchev–Trinajstić information content (AvgIpc) is 3.41. The second-order valence-corrected chi connectivity index (χ2v) is 11.3. The van der Waals surface area contributed by atoms with E-state index >= 15 is 0 Å². The average molecular weight is 542 g/mol. The number of aliphatic hydroxyl groups is 1. The lowest BCUT2D eigenvalue weighted by Gasteiger charge is -2.31. The van der Waals surface area contributed by atoms with Crippen molar-refractivity contribution in [2.45, 2.75) is 32.2 Å². The first kappa shape index (κ1) is 26.4. The number of hydrogen-bond acceptors (Lipinski definition) is 6. The van der Waals surface area contributed by atoms with Crippen LogP contribution in [0.3, 0.4) is 0 Å². The van der Waals surface area contributed by atoms with Gasteiger partial charge in [0.15, 0.2) is 5.13 Å². The predicted octanol–water partition coefficient (Wildman–Crippen LogP) is 3.78. The van der Waals surface area contributed by atoms with Gasteiger partial charge in [0.25, 0.3) is 0 Å². The van der Waals surface area contributed by atoms with Gasteiger partial charge in [0, 0.05) is 31.6 Å². The van der Waals surface area contributed by atoms with Crippen molar-refractivity contribution in [3.8, 4) is 0 Å². The van der Waals surface area contributed by atoms with Gasteiger partial charge < -0.3 is 14.9 Å². The second kappa shape index (κ2) is 9.83. The van der Waals surface area contributed by atoms with Crippen LogP contribution >= 0.6 is 11.3 Å². The summed E-state index contributed by atoms with van der Waals surface area (Å²) in [6.07, 6.45) is -0.850. The van der Waals surface area contributed by atoms with Crippen LogP contribution in [0.4, 0.5) is 18.3 Å². The van der Waals surface area contributed by atoms with Gasteiger partial charge in [-0.2, -0.15) is 18.3 Å². The summed E-state index contributed by atoms with van der Waals surface area (Å²) in [5.41, 5.74) is -0.159. The quantitative estimate of drug-likeness (QED) is 0.417. The molecule has 1 aliphatic heterocycles. The van der Waals surface area contributed by atoms with Crippen molar-refractivity contribution in [1.29, 1.82) is 0 Å². The van der Waals surface area contributed by atoms with Crippen molar-refractivity contribution in [3.63, 3.8) is 0 Å². The number of benzene rings is 2. The standard InChI is InChI=1S/C28H30F3N5OS/c1-18-25(38-26(33-18)35-11-9-34(4)10-12-35)14-19-5-8-24-21(13-19)16-32-36(24)17-20-6-7-22(27(2,3)37)15-23(20)28(29,30)31/h5-8,13-16,37H,1,9-12,17H2,2-4H3/b25-14-. The fourth-order valence-electron chi connectivity index (χ4n) is 4.59. The summed E-state index contributed by atoms with van der Waals surface area (Å²) in [5.74, 6) is 0. The highest BCUT2D eigenvalue weighted by atomic mass is 32.1. The minimum atomic E-state index is -4.55. The van der Waals surface area contributed by atoms with Gasteiger partial charge in [-0.05, 0) is 61.9 Å². The Hall–Kier alpha value is -3.21. The number of rotatable bonds is 5. The maximum Gasteiger partial charge on any atom is 0.416 e. The fraction of sp³-hybridized carbons (Fsp3) is 0.357. The molecule has 200 valence electrons. The zero-order valence-corrected chi connectivity index (χ0v) is 22.4. The molecule has 38 heavy (non-hydrogen) atoms. The molecule has 1 saturated heterocycles. The molecule has 1 aliphatic rings. The summed E-state index contributed by atoms with van der Waals surface area (Å²) < 4.78 is 44.1. The first-order valence-corrected chi connectivity index (χ1v) is 13.2. The van der Waals surface area contributed by atoms with Gasteiger partial charge in [-0.1, -0.05) is 36.1 Å². The van der Waals surface area contributed by atoms with Gasteiger partial charge in [0.05, 0.1) is 39.3 Å². The minimum absolute atomic E-state index is 0.0419. The number of hydrogen-bond donors (Lipinski definition) is 1. The molecule has 3 heterocycles. The number of alkyl halides is 3. The first-order chi connectivity index (χ1) is 17.9. The summed E-state index contributed by atoms with van der Waals surface area (Å²) in [7, 11) is 2.12. The highest BCUT2D eigenvalue weighted by Crippen LogP contribution is 2.35. The lowest BCUT2D eigenvalue weighted by Crippen LogP contribution is -2.44. The first-order valence-electron chi connectivity index (χ1n) is 12.4. The van der Waals surface area contributed by atoms with Crippen molar-refractivity contribution < 1.29 is 18.3 Å². The van der Waals surface area contributed by atoms with Gasteiger partial charge in [0.1, 0.15) is 0 Å². The number of nitrogens with zero attached hydrogens (tertiary/aromatic N) is 5. The van der Waals surface area contributed by atoms with Crippen molar-refractivity contribution >= 4 is 40.0 Å². The number of anilines is 1. The molecule has 1 N–H and O–H groups in total. The van der Waals surface area contributed by atoms with Crippen LogP contribution in [0.5, 0.6) is 0 Å². The molecule has 1 fully saturated rings. The van der Waals surface area contributed by atoms with Gasteiger partial charge in [-0.3, -0.25) is 4.68 Å². The molecule has 0 aliphatic carbocycles. The molecule has 0 amide bonds. The van der Waals surface area contributed by atoms with E-state index in [9.17, 15) is 18.3 Å². The van der Waals surface area contributed by atoms with E-state index in [0.717, 1.165) is 63.7 Å². The van der Waals surface area contributed by atoms with E-state index < -0.39 is 17.3 Å². The topological polar surface area (TPSA) is 57.4 Å². The van der Waals surface area contributed by atoms with E-state index in [0.29, 0.717) is 0 Å². The van der Waals surface area contributed by atoms with Crippen LogP contribution in [-0.2, 0) is 18.3 Å². The van der Waals surface area contributed by atoms with Crippen molar-refractivity contribution in [2.24, 2.45) is 0 Å². The van der Waals surface area contributed by atoms with Crippen LogP contribution < -0.4 is 14.8 Å². The maximum absolute atomic E-state index is 13.9. The van der Waals surface area contributed by atoms with Crippen LogP contribution in [-0.4, -0.2) is 58.0 Å². The zero-order chi connectivity index (χ0) is 27.2. The van der Waals surface area contributed by atoms with Crippen molar-refractivity contribution in [2.75, 3.05) is 38.1 Å². The lowest BCUT2D eigenvalue weighted by atomic mass is 9.93. The highest BCUT2D eigenvalue weighted by Gasteiger charge is 2.35. The summed E-state index contributed by atoms with van der Waals surface area (Å²) in [4.78, 5) is 9.26. The molecule has 0 unspecified atom stereocenters. The molecule has 4 aromatic rings. The Morgan fingerprint density at radius 1 is 1.08 bits per heavy atom. The summed E-state index contributed by atoms with van der Waals surface area (Å²) in [6.45, 7) is 10.9. The Morgan fingerprint density at radius 3 is 2.50 bits per heavy atom. The highest BCUT2D eigenvalue weighted by molar-refractivity contribution is 7.13. The third-order valence-corrected chi connectivity index (χ3v) is 8.00. The van der Waals surface area contributed by atoms with Gasteiger partial charge in [-0.15, -0.1) is 0 Å². The van der Waals surface area contributed by atoms with Crippen LogP contribution in [0.25, 0.3) is 23.6 Å². The van der Waals surface area contributed by atoms with E-state index in [2.05, 4.69) is 33.5 Å². The number of likely N-dealkylation sites (N-methyl/N-ethyl adjacent to an activating group) is 1. The Bertz CT molecular complexity index is 1580. The minimum Gasteiger partial charge on any atom is -0.386 e. The summed E-state index contributed by atoms with van der Waals surface area (Å²) in [5, 5.41) is 17.1. The molecule has 2 aromatic carbocycles. The third-order valence-electron chi connectivity index (χ3n) is 6.90. The lowest BCUT2D eigenvalue weighted by molar-refractivity contribution is -0.138. The maximum atomic E-state index is 13.9. The largest absolute Gasteiger partial charge is 0.416 e. The Balaban J connectivity index is 1.43. The number of aromatic nitrogens is 3. The second-order valence-electron chi connectivity index (χ2n) is 10.3. The molecule has 0 atom stereocenters. The van der Waals surface area contributed by atoms with E-state index in [1.807, 2.05) is 24.3 Å². The molecule has 6 nitrogen and oxygen atoms in total. The Morgan fingerprint density at radius 2 is 1.82 bits per heavy atom. The molecule has 2 aromatic heterocycles. The fourth-order valence-corrected chi connectivity index (χ4v) is 5.61. The van der Waals surface area contributed by atoms with Gasteiger partial charge in [0.2, 0.25) is 0 Å². The van der Waals surface area contributed by atoms with E-state index in [4.69, 9.17) is 0 Å². The summed E-state index contributed by atoms with van der Waals surface area (Å²) in [6, 6.07) is 9.75.